The lowest BCUT2D eigenvalue weighted by molar-refractivity contribution is 0.627. The standard InChI is InChI=1S/C16H14FN/c1-13-10-15(17)12-16(11-13)18-9-5-8-14-6-3-2-4-7-14/h2-4,6-7,10-12,18H,9H2,1H3. The summed E-state index contributed by atoms with van der Waals surface area (Å²) in [6.45, 7) is 2.36. The molecule has 1 N–H and O–H groups in total. The minimum atomic E-state index is -0.228. The molecule has 0 bridgehead atoms. The Kier molecular flexibility index (Phi) is 3.98. The Morgan fingerprint density at radius 3 is 2.61 bits per heavy atom. The van der Waals surface area contributed by atoms with Gasteiger partial charge in [0.1, 0.15) is 5.82 Å². The van der Waals surface area contributed by atoms with Gasteiger partial charge in [-0.3, -0.25) is 0 Å². The van der Waals surface area contributed by atoms with E-state index in [9.17, 15) is 4.39 Å². The summed E-state index contributed by atoms with van der Waals surface area (Å²) in [7, 11) is 0. The Labute approximate surface area is 107 Å². The molecule has 0 heterocycles. The molecule has 18 heavy (non-hydrogen) atoms. The molecule has 2 heteroatoms. The first-order chi connectivity index (χ1) is 8.74. The second-order valence-corrected chi connectivity index (χ2v) is 4.04. The quantitative estimate of drug-likeness (QED) is 0.790. The van der Waals surface area contributed by atoms with Crippen LogP contribution in [0.3, 0.4) is 0 Å². The normalized spacial score (nSPS) is 9.44. The lowest BCUT2D eigenvalue weighted by Crippen LogP contribution is -1.99. The van der Waals surface area contributed by atoms with E-state index in [4.69, 9.17) is 0 Å². The van der Waals surface area contributed by atoms with Crippen LogP contribution in [0.1, 0.15) is 11.1 Å². The summed E-state index contributed by atoms with van der Waals surface area (Å²) in [4.78, 5) is 0. The van der Waals surface area contributed by atoms with Crippen LogP contribution in [0.25, 0.3) is 0 Å². The van der Waals surface area contributed by atoms with E-state index in [0.29, 0.717) is 6.54 Å². The third-order valence-electron chi connectivity index (χ3n) is 2.43. The van der Waals surface area contributed by atoms with Crippen LogP contribution in [0.5, 0.6) is 0 Å². The number of benzene rings is 2. The molecule has 0 spiro atoms. The molecule has 0 unspecified atom stereocenters. The molecule has 1 nitrogen and oxygen atoms in total. The Hall–Kier alpha value is -2.27. The molecular formula is C16H14FN. The van der Waals surface area contributed by atoms with Gasteiger partial charge in [-0.1, -0.05) is 30.0 Å². The van der Waals surface area contributed by atoms with E-state index in [1.807, 2.05) is 43.3 Å². The predicted molar refractivity (Wildman–Crippen MR) is 72.9 cm³/mol. The van der Waals surface area contributed by atoms with Gasteiger partial charge in [0.15, 0.2) is 0 Å². The van der Waals surface area contributed by atoms with Gasteiger partial charge in [-0.25, -0.2) is 4.39 Å². The first-order valence-corrected chi connectivity index (χ1v) is 5.79. The number of aryl methyl sites for hydroxylation is 1. The minimum absolute atomic E-state index is 0.228. The van der Waals surface area contributed by atoms with Crippen molar-refractivity contribution in [2.24, 2.45) is 0 Å². The molecule has 0 saturated heterocycles. The minimum Gasteiger partial charge on any atom is -0.374 e. The summed E-state index contributed by atoms with van der Waals surface area (Å²) in [5, 5.41) is 3.08. The van der Waals surface area contributed by atoms with Crippen molar-refractivity contribution in [1.82, 2.24) is 0 Å². The van der Waals surface area contributed by atoms with E-state index in [1.165, 1.54) is 12.1 Å². The van der Waals surface area contributed by atoms with Crippen molar-refractivity contribution in [3.63, 3.8) is 0 Å². The van der Waals surface area contributed by atoms with Crippen molar-refractivity contribution in [2.45, 2.75) is 6.92 Å². The predicted octanol–water partition coefficient (Wildman–Crippen LogP) is 3.60. The maximum Gasteiger partial charge on any atom is 0.125 e. The molecular weight excluding hydrogens is 225 g/mol. The molecule has 2 rings (SSSR count). The van der Waals surface area contributed by atoms with E-state index in [0.717, 1.165) is 16.8 Å². The van der Waals surface area contributed by atoms with Gasteiger partial charge in [-0.2, -0.15) is 0 Å². The molecule has 0 saturated carbocycles. The van der Waals surface area contributed by atoms with E-state index in [1.54, 1.807) is 0 Å². The van der Waals surface area contributed by atoms with Crippen LogP contribution in [0.4, 0.5) is 10.1 Å². The highest BCUT2D eigenvalue weighted by atomic mass is 19.1. The van der Waals surface area contributed by atoms with Gasteiger partial charge in [0.25, 0.3) is 0 Å². The van der Waals surface area contributed by atoms with Gasteiger partial charge < -0.3 is 5.32 Å². The summed E-state index contributed by atoms with van der Waals surface area (Å²) >= 11 is 0. The Morgan fingerprint density at radius 2 is 1.89 bits per heavy atom. The molecule has 0 aliphatic carbocycles. The lowest BCUT2D eigenvalue weighted by Gasteiger charge is -2.03. The van der Waals surface area contributed by atoms with E-state index < -0.39 is 0 Å². The van der Waals surface area contributed by atoms with E-state index in [-0.39, 0.29) is 5.82 Å². The van der Waals surface area contributed by atoms with Crippen LogP contribution in [0.2, 0.25) is 0 Å². The molecule has 0 atom stereocenters. The number of anilines is 1. The van der Waals surface area contributed by atoms with Crippen molar-refractivity contribution in [3.05, 3.63) is 65.5 Å². The number of halogens is 1. The van der Waals surface area contributed by atoms with Gasteiger partial charge >= 0.3 is 0 Å². The van der Waals surface area contributed by atoms with E-state index >= 15 is 0 Å². The van der Waals surface area contributed by atoms with Crippen molar-refractivity contribution < 1.29 is 4.39 Å². The summed E-state index contributed by atoms with van der Waals surface area (Å²) in [5.74, 6) is 5.82. The molecule has 0 aliphatic heterocycles. The second-order valence-electron chi connectivity index (χ2n) is 4.04. The summed E-state index contributed by atoms with van der Waals surface area (Å²) in [6.07, 6.45) is 0. The molecule has 0 aliphatic rings. The zero-order chi connectivity index (χ0) is 12.8. The third kappa shape index (κ3) is 3.64. The zero-order valence-electron chi connectivity index (χ0n) is 10.2. The fourth-order valence-corrected chi connectivity index (χ4v) is 1.65. The largest absolute Gasteiger partial charge is 0.374 e. The first-order valence-electron chi connectivity index (χ1n) is 5.79. The molecule has 2 aromatic carbocycles. The van der Waals surface area contributed by atoms with E-state index in [2.05, 4.69) is 17.2 Å². The average Bonchev–Trinajstić information content (AvgIpc) is 2.35. The number of hydrogen-bond donors (Lipinski definition) is 1. The zero-order valence-corrected chi connectivity index (χ0v) is 10.2. The third-order valence-corrected chi connectivity index (χ3v) is 2.43. The van der Waals surface area contributed by atoms with Crippen molar-refractivity contribution in [1.29, 1.82) is 0 Å². The highest BCUT2D eigenvalue weighted by molar-refractivity contribution is 5.47. The van der Waals surface area contributed by atoms with Gasteiger partial charge in [-0.05, 0) is 42.8 Å². The van der Waals surface area contributed by atoms with Crippen molar-refractivity contribution in [2.75, 3.05) is 11.9 Å². The molecule has 2 aromatic rings. The molecule has 90 valence electrons. The molecule has 0 amide bonds. The van der Waals surface area contributed by atoms with Crippen LogP contribution in [-0.2, 0) is 0 Å². The monoisotopic (exact) mass is 239 g/mol. The second kappa shape index (κ2) is 5.88. The SMILES string of the molecule is Cc1cc(F)cc(NCC#Cc2ccccc2)c1. The van der Waals surface area contributed by atoms with Crippen LogP contribution >= 0.6 is 0 Å². The van der Waals surface area contributed by atoms with Crippen LogP contribution in [0.15, 0.2) is 48.5 Å². The summed E-state index contributed by atoms with van der Waals surface area (Å²) in [6, 6.07) is 14.6. The lowest BCUT2D eigenvalue weighted by atomic mass is 10.2. The topological polar surface area (TPSA) is 12.0 Å². The first kappa shape index (κ1) is 12.2. The summed E-state index contributed by atoms with van der Waals surface area (Å²) in [5.41, 5.74) is 2.64. The maximum atomic E-state index is 13.1. The fourth-order valence-electron chi connectivity index (χ4n) is 1.65. The molecule has 0 radical (unpaired) electrons. The number of nitrogens with one attached hydrogen (secondary N) is 1. The van der Waals surface area contributed by atoms with Gasteiger partial charge in [0, 0.05) is 11.3 Å². The average molecular weight is 239 g/mol. The maximum absolute atomic E-state index is 13.1. The smallest absolute Gasteiger partial charge is 0.125 e. The van der Waals surface area contributed by atoms with Crippen LogP contribution < -0.4 is 5.32 Å². The Bertz CT molecular complexity index is 559. The highest BCUT2D eigenvalue weighted by Crippen LogP contribution is 2.12. The van der Waals surface area contributed by atoms with Gasteiger partial charge in [0.05, 0.1) is 6.54 Å². The number of rotatable bonds is 2. The molecule has 0 fully saturated rings. The van der Waals surface area contributed by atoms with Gasteiger partial charge in [0.2, 0.25) is 0 Å². The van der Waals surface area contributed by atoms with Crippen molar-refractivity contribution in [3.8, 4) is 11.8 Å². The van der Waals surface area contributed by atoms with Gasteiger partial charge in [-0.15, -0.1) is 0 Å². The highest BCUT2D eigenvalue weighted by Gasteiger charge is 1.95. The molecule has 0 aromatic heterocycles. The number of hydrogen-bond acceptors (Lipinski definition) is 1. The van der Waals surface area contributed by atoms with Crippen molar-refractivity contribution >= 4 is 5.69 Å². The van der Waals surface area contributed by atoms with Crippen LogP contribution in [0, 0.1) is 24.6 Å². The Morgan fingerprint density at radius 1 is 1.11 bits per heavy atom. The van der Waals surface area contributed by atoms with Crippen LogP contribution in [-0.4, -0.2) is 6.54 Å². The summed E-state index contributed by atoms with van der Waals surface area (Å²) < 4.78 is 13.1. The fraction of sp³-hybridized carbons (Fsp3) is 0.125. The Balaban J connectivity index is 1.95.